The maximum Gasteiger partial charge on any atom is 0.411 e. The van der Waals surface area contributed by atoms with Gasteiger partial charge in [0.05, 0.1) is 7.11 Å². The third-order valence-corrected chi connectivity index (χ3v) is 9.02. The van der Waals surface area contributed by atoms with Crippen molar-refractivity contribution in [1.82, 2.24) is 9.71 Å². The number of sulfonamides is 1. The van der Waals surface area contributed by atoms with Crippen molar-refractivity contribution in [2.75, 3.05) is 12.4 Å². The van der Waals surface area contributed by atoms with Crippen molar-refractivity contribution in [3.8, 4) is 17.6 Å². The molecular weight excluding hydrogens is 566 g/mol. The third kappa shape index (κ3) is 6.52. The van der Waals surface area contributed by atoms with E-state index in [4.69, 9.17) is 9.47 Å². The van der Waals surface area contributed by atoms with Crippen molar-refractivity contribution in [2.24, 2.45) is 0 Å². The van der Waals surface area contributed by atoms with E-state index < -0.39 is 22.0 Å². The van der Waals surface area contributed by atoms with Gasteiger partial charge in [0.25, 0.3) is 15.9 Å². The molecule has 1 aliphatic carbocycles. The molecule has 0 radical (unpaired) electrons. The van der Waals surface area contributed by atoms with Crippen molar-refractivity contribution in [3.05, 3.63) is 89.1 Å². The van der Waals surface area contributed by atoms with E-state index in [-0.39, 0.29) is 22.5 Å². The molecule has 10 heteroatoms. The highest BCUT2D eigenvalue weighted by Crippen LogP contribution is 2.37. The Balaban J connectivity index is 1.36. The van der Waals surface area contributed by atoms with Gasteiger partial charge in [0.15, 0.2) is 0 Å². The number of nitrogens with one attached hydrogen (secondary N) is 3. The smallest absolute Gasteiger partial charge is 0.411 e. The lowest BCUT2D eigenvalue weighted by molar-refractivity contribution is 0.0980. The molecule has 0 saturated heterocycles. The first kappa shape index (κ1) is 29.7. The topological polar surface area (TPSA) is 127 Å². The Morgan fingerprint density at radius 2 is 1.79 bits per heavy atom. The number of amides is 2. The quantitative estimate of drug-likeness (QED) is 0.204. The summed E-state index contributed by atoms with van der Waals surface area (Å²) in [5.74, 6) is 4.91. The molecule has 1 unspecified atom stereocenters. The molecular formula is C33H33N3O6S. The van der Waals surface area contributed by atoms with Crippen LogP contribution in [0.25, 0.3) is 10.9 Å². The van der Waals surface area contributed by atoms with Crippen LogP contribution in [0.5, 0.6) is 5.75 Å². The number of carbonyl (C=O) groups is 2. The van der Waals surface area contributed by atoms with Crippen molar-refractivity contribution in [1.29, 1.82) is 0 Å². The van der Waals surface area contributed by atoms with E-state index >= 15 is 0 Å². The Hall–Kier alpha value is -4.75. The largest absolute Gasteiger partial charge is 0.496 e. The first-order valence-corrected chi connectivity index (χ1v) is 15.5. The number of rotatable bonds is 8. The highest BCUT2D eigenvalue weighted by molar-refractivity contribution is 7.90. The fraction of sp³-hybridized carbons (Fsp3) is 0.273. The molecule has 3 aromatic carbocycles. The Morgan fingerprint density at radius 1 is 1.02 bits per heavy atom. The van der Waals surface area contributed by atoms with Gasteiger partial charge in [0, 0.05) is 45.4 Å². The Labute approximate surface area is 251 Å². The number of carbonyl (C=O) groups excluding carboxylic acids is 2. The van der Waals surface area contributed by atoms with Crippen LogP contribution < -0.4 is 14.8 Å². The van der Waals surface area contributed by atoms with E-state index in [2.05, 4.69) is 26.9 Å². The molecule has 1 heterocycles. The molecule has 222 valence electrons. The number of ether oxygens (including phenoxy) is 2. The fourth-order valence-corrected chi connectivity index (χ4v) is 6.57. The van der Waals surface area contributed by atoms with E-state index in [0.717, 1.165) is 47.7 Å². The lowest BCUT2D eigenvalue weighted by Gasteiger charge is -2.17. The summed E-state index contributed by atoms with van der Waals surface area (Å²) in [4.78, 5) is 28.7. The van der Waals surface area contributed by atoms with Crippen LogP contribution >= 0.6 is 0 Å². The molecule has 0 bridgehead atoms. The highest BCUT2D eigenvalue weighted by Gasteiger charge is 2.24. The zero-order chi connectivity index (χ0) is 30.6. The SMILES string of the molecule is CC#Cc1ccccc1S(=O)(=O)NC(=O)c1ccc(C(C)c2c[nH]c3ccc(NC(=O)OC4CCCC4)cc23)c(OC)c1. The summed E-state index contributed by atoms with van der Waals surface area (Å²) >= 11 is 0. The number of hydrogen-bond acceptors (Lipinski definition) is 6. The summed E-state index contributed by atoms with van der Waals surface area (Å²) in [6.07, 6.45) is 5.35. The number of hydrogen-bond donors (Lipinski definition) is 3. The van der Waals surface area contributed by atoms with Crippen LogP contribution in [0.15, 0.2) is 71.8 Å². The second kappa shape index (κ2) is 12.6. The van der Waals surface area contributed by atoms with E-state index in [0.29, 0.717) is 17.0 Å². The van der Waals surface area contributed by atoms with E-state index in [9.17, 15) is 18.0 Å². The van der Waals surface area contributed by atoms with Gasteiger partial charge in [-0.2, -0.15) is 0 Å². The predicted octanol–water partition coefficient (Wildman–Crippen LogP) is 6.31. The number of H-pyrrole nitrogens is 1. The first-order chi connectivity index (χ1) is 20.7. The summed E-state index contributed by atoms with van der Waals surface area (Å²) < 4.78 is 39.4. The molecule has 1 aromatic heterocycles. The van der Waals surface area contributed by atoms with Gasteiger partial charge in [0.2, 0.25) is 0 Å². The molecule has 9 nitrogen and oxygen atoms in total. The maximum absolute atomic E-state index is 13.1. The molecule has 1 fully saturated rings. The number of anilines is 1. The third-order valence-electron chi connectivity index (χ3n) is 7.63. The Kier molecular flexibility index (Phi) is 8.73. The minimum atomic E-state index is -4.17. The van der Waals surface area contributed by atoms with Crippen LogP contribution in [0.4, 0.5) is 10.5 Å². The first-order valence-electron chi connectivity index (χ1n) is 14.1. The summed E-state index contributed by atoms with van der Waals surface area (Å²) in [7, 11) is -2.68. The molecule has 1 atom stereocenters. The van der Waals surface area contributed by atoms with Gasteiger partial charge in [-0.05, 0) is 80.6 Å². The van der Waals surface area contributed by atoms with Gasteiger partial charge in [-0.15, -0.1) is 5.92 Å². The van der Waals surface area contributed by atoms with Crippen LogP contribution in [-0.2, 0) is 14.8 Å². The van der Waals surface area contributed by atoms with Gasteiger partial charge >= 0.3 is 6.09 Å². The molecule has 1 aliphatic rings. The van der Waals surface area contributed by atoms with E-state index in [1.165, 1.54) is 19.2 Å². The van der Waals surface area contributed by atoms with Crippen LogP contribution in [0.3, 0.4) is 0 Å². The number of methoxy groups -OCH3 is 1. The number of fused-ring (bicyclic) bond motifs is 1. The summed E-state index contributed by atoms with van der Waals surface area (Å²) in [5.41, 5.74) is 3.69. The number of aromatic nitrogens is 1. The standard InChI is InChI=1S/C33H33N3O6S/c1-4-9-22-10-5-8-13-31(22)43(39,40)36-32(37)23-14-16-26(30(18-23)41-3)21(2)28-20-34-29-17-15-24(19-27(28)29)35-33(38)42-25-11-6-7-12-25/h5,8,10,13-21,25,34H,6-7,11-12H2,1-3H3,(H,35,38)(H,36,37). The molecule has 43 heavy (non-hydrogen) atoms. The average molecular weight is 600 g/mol. The second-order valence-electron chi connectivity index (χ2n) is 10.4. The summed E-state index contributed by atoms with van der Waals surface area (Å²) in [6.45, 7) is 3.61. The lowest BCUT2D eigenvalue weighted by Crippen LogP contribution is -2.31. The number of aromatic amines is 1. The summed E-state index contributed by atoms with van der Waals surface area (Å²) in [5, 5.41) is 3.75. The molecule has 2 amide bonds. The van der Waals surface area contributed by atoms with Crippen molar-refractivity contribution < 1.29 is 27.5 Å². The molecule has 0 spiro atoms. The maximum atomic E-state index is 13.1. The average Bonchev–Trinajstić information content (AvgIpc) is 3.66. The zero-order valence-electron chi connectivity index (χ0n) is 24.2. The van der Waals surface area contributed by atoms with Crippen LogP contribution in [-0.4, -0.2) is 38.6 Å². The highest BCUT2D eigenvalue weighted by atomic mass is 32.2. The summed E-state index contributed by atoms with van der Waals surface area (Å²) in [6, 6.07) is 16.7. The number of benzene rings is 3. The molecule has 3 N–H and O–H groups in total. The van der Waals surface area contributed by atoms with Gasteiger partial charge in [-0.3, -0.25) is 10.1 Å². The van der Waals surface area contributed by atoms with Gasteiger partial charge in [-0.1, -0.05) is 31.0 Å². The molecule has 1 saturated carbocycles. The fourth-order valence-electron chi connectivity index (χ4n) is 5.44. The zero-order valence-corrected chi connectivity index (χ0v) is 25.0. The second-order valence-corrected chi connectivity index (χ2v) is 12.1. The molecule has 0 aliphatic heterocycles. The van der Waals surface area contributed by atoms with Gasteiger partial charge in [-0.25, -0.2) is 17.9 Å². The van der Waals surface area contributed by atoms with Crippen molar-refractivity contribution in [3.63, 3.8) is 0 Å². The van der Waals surface area contributed by atoms with Crippen LogP contribution in [0.2, 0.25) is 0 Å². The van der Waals surface area contributed by atoms with Crippen LogP contribution in [0, 0.1) is 11.8 Å². The van der Waals surface area contributed by atoms with Crippen LogP contribution in [0.1, 0.15) is 72.5 Å². The Morgan fingerprint density at radius 3 is 2.53 bits per heavy atom. The van der Waals surface area contributed by atoms with Gasteiger partial charge in [0.1, 0.15) is 16.7 Å². The van der Waals surface area contributed by atoms with E-state index in [1.807, 2.05) is 31.3 Å². The lowest BCUT2D eigenvalue weighted by atomic mass is 9.91. The molecule has 5 rings (SSSR count). The minimum absolute atomic E-state index is 0.0321. The monoisotopic (exact) mass is 599 g/mol. The molecule has 4 aromatic rings. The minimum Gasteiger partial charge on any atom is -0.496 e. The Bertz CT molecular complexity index is 1850. The van der Waals surface area contributed by atoms with Gasteiger partial charge < -0.3 is 14.5 Å². The van der Waals surface area contributed by atoms with Crippen molar-refractivity contribution >= 4 is 38.6 Å². The van der Waals surface area contributed by atoms with Crippen molar-refractivity contribution in [2.45, 2.75) is 56.4 Å². The van der Waals surface area contributed by atoms with E-state index in [1.54, 1.807) is 37.3 Å². The normalized spacial score (nSPS) is 14.0. The predicted molar refractivity (Wildman–Crippen MR) is 165 cm³/mol.